The molecule has 126 valence electrons. The molecule has 0 aliphatic heterocycles. The minimum absolute atomic E-state index is 0.322. The summed E-state index contributed by atoms with van der Waals surface area (Å²) in [4.78, 5) is 0. The van der Waals surface area contributed by atoms with Gasteiger partial charge < -0.3 is 0 Å². The molecule has 0 radical (unpaired) electrons. The lowest BCUT2D eigenvalue weighted by Crippen LogP contribution is -2.04. The molecule has 0 unspecified atom stereocenters. The molecule has 0 aliphatic rings. The highest BCUT2D eigenvalue weighted by molar-refractivity contribution is 5.83. The first-order valence-electron chi connectivity index (χ1n) is 7.03. The summed E-state index contributed by atoms with van der Waals surface area (Å²) in [7, 11) is 0. The second-order valence-corrected chi connectivity index (χ2v) is 4.94. The molecule has 0 aromatic heterocycles. The fourth-order valence-electron chi connectivity index (χ4n) is 1.91. The first-order chi connectivity index (χ1) is 11.3. The number of benzene rings is 2. The van der Waals surface area contributed by atoms with Gasteiger partial charge in [0, 0.05) is 0 Å². The fourth-order valence-corrected chi connectivity index (χ4v) is 1.91. The number of hydrogen-bond donors (Lipinski definition) is 0. The third kappa shape index (κ3) is 4.47. The summed E-state index contributed by atoms with van der Waals surface area (Å²) in [5.74, 6) is -1.50. The van der Waals surface area contributed by atoms with Crippen LogP contribution in [0.2, 0.25) is 0 Å². The van der Waals surface area contributed by atoms with E-state index in [9.17, 15) is 22.0 Å². The predicted molar refractivity (Wildman–Crippen MR) is 82.4 cm³/mol. The monoisotopic (exact) mass is 340 g/mol. The molecule has 0 aliphatic carbocycles. The van der Waals surface area contributed by atoms with Gasteiger partial charge in [0.15, 0.2) is 0 Å². The van der Waals surface area contributed by atoms with Crippen LogP contribution in [-0.4, -0.2) is 12.4 Å². The zero-order chi connectivity index (χ0) is 17.7. The molecule has 0 amide bonds. The van der Waals surface area contributed by atoms with E-state index in [-0.39, 0.29) is 5.56 Å². The second-order valence-electron chi connectivity index (χ2n) is 4.94. The van der Waals surface area contributed by atoms with Crippen molar-refractivity contribution >= 4 is 12.4 Å². The molecular weight excluding hydrogens is 327 g/mol. The number of rotatable bonds is 4. The third-order valence-electron chi connectivity index (χ3n) is 3.25. The van der Waals surface area contributed by atoms with Crippen LogP contribution in [0.3, 0.4) is 0 Å². The van der Waals surface area contributed by atoms with Gasteiger partial charge in [-0.2, -0.15) is 23.4 Å². The van der Waals surface area contributed by atoms with Crippen LogP contribution in [0.15, 0.2) is 46.6 Å². The quantitative estimate of drug-likeness (QED) is 0.425. The number of halogens is 5. The van der Waals surface area contributed by atoms with Gasteiger partial charge in [0.1, 0.15) is 11.6 Å². The van der Waals surface area contributed by atoms with Gasteiger partial charge in [0.05, 0.1) is 23.6 Å². The Morgan fingerprint density at radius 3 is 1.96 bits per heavy atom. The minimum atomic E-state index is -4.41. The highest BCUT2D eigenvalue weighted by Gasteiger charge is 2.29. The van der Waals surface area contributed by atoms with Crippen molar-refractivity contribution in [2.24, 2.45) is 10.2 Å². The Balaban J connectivity index is 2.10. The van der Waals surface area contributed by atoms with Crippen LogP contribution in [-0.2, 0) is 12.6 Å². The second kappa shape index (κ2) is 7.33. The van der Waals surface area contributed by atoms with Gasteiger partial charge in [0.25, 0.3) is 0 Å². The van der Waals surface area contributed by atoms with E-state index in [1.807, 2.05) is 0 Å². The molecule has 2 aromatic rings. The number of alkyl halides is 3. The number of nitrogens with zero attached hydrogens (tertiary/aromatic N) is 2. The van der Waals surface area contributed by atoms with Gasteiger partial charge in [-0.15, -0.1) is 0 Å². The fraction of sp³-hybridized carbons (Fsp3) is 0.176. The van der Waals surface area contributed by atoms with E-state index in [1.54, 1.807) is 6.92 Å². The number of aryl methyl sites for hydroxylation is 1. The summed E-state index contributed by atoms with van der Waals surface area (Å²) < 4.78 is 64.7. The van der Waals surface area contributed by atoms with E-state index in [1.165, 1.54) is 30.5 Å². The third-order valence-corrected chi connectivity index (χ3v) is 3.25. The van der Waals surface area contributed by atoms with Gasteiger partial charge in [-0.25, -0.2) is 8.78 Å². The number of hydrogen-bond acceptors (Lipinski definition) is 2. The summed E-state index contributed by atoms with van der Waals surface area (Å²) in [6.07, 6.45) is -1.80. The molecule has 0 saturated carbocycles. The van der Waals surface area contributed by atoms with Crippen LogP contribution in [0.25, 0.3) is 0 Å². The maximum Gasteiger partial charge on any atom is 0.416 e. The Hall–Kier alpha value is -2.57. The van der Waals surface area contributed by atoms with Gasteiger partial charge in [-0.3, -0.25) is 0 Å². The Labute approximate surface area is 135 Å². The molecule has 0 N–H and O–H groups in total. The first kappa shape index (κ1) is 17.8. The molecule has 7 heteroatoms. The molecule has 2 nitrogen and oxygen atoms in total. The van der Waals surface area contributed by atoms with Crippen LogP contribution >= 0.6 is 0 Å². The van der Waals surface area contributed by atoms with E-state index < -0.39 is 23.4 Å². The SMILES string of the molecule is CCc1cc(F)c(/C=N/N=C/c2ccc(C(F)(F)F)cc2)c(F)c1. The molecular formula is C17H13F5N2. The zero-order valence-electron chi connectivity index (χ0n) is 12.6. The topological polar surface area (TPSA) is 24.7 Å². The lowest BCUT2D eigenvalue weighted by atomic mass is 10.1. The smallest absolute Gasteiger partial charge is 0.206 e. The summed E-state index contributed by atoms with van der Waals surface area (Å²) in [5, 5.41) is 7.11. The van der Waals surface area contributed by atoms with E-state index in [4.69, 9.17) is 0 Å². The Morgan fingerprint density at radius 1 is 0.917 bits per heavy atom. The van der Waals surface area contributed by atoms with Crippen molar-refractivity contribution in [1.82, 2.24) is 0 Å². The molecule has 0 atom stereocenters. The summed E-state index contributed by atoms with van der Waals surface area (Å²) >= 11 is 0. The van der Waals surface area contributed by atoms with E-state index in [2.05, 4.69) is 10.2 Å². The molecule has 0 heterocycles. The first-order valence-corrected chi connectivity index (χ1v) is 7.03. The molecule has 0 bridgehead atoms. The average molecular weight is 340 g/mol. The van der Waals surface area contributed by atoms with Crippen LogP contribution < -0.4 is 0 Å². The Morgan fingerprint density at radius 2 is 1.46 bits per heavy atom. The molecule has 2 aromatic carbocycles. The highest BCUT2D eigenvalue weighted by atomic mass is 19.4. The molecule has 0 saturated heterocycles. The van der Waals surface area contributed by atoms with Gasteiger partial charge in [-0.1, -0.05) is 19.1 Å². The summed E-state index contributed by atoms with van der Waals surface area (Å²) in [6, 6.07) is 6.69. The van der Waals surface area contributed by atoms with Gasteiger partial charge in [-0.05, 0) is 41.8 Å². The van der Waals surface area contributed by atoms with E-state index >= 15 is 0 Å². The highest BCUT2D eigenvalue weighted by Crippen LogP contribution is 2.28. The lowest BCUT2D eigenvalue weighted by molar-refractivity contribution is -0.137. The average Bonchev–Trinajstić information content (AvgIpc) is 2.52. The van der Waals surface area contributed by atoms with E-state index in [0.717, 1.165) is 18.3 Å². The standard InChI is InChI=1S/C17H13F5N2/c1-2-11-7-15(18)14(16(19)8-11)10-24-23-9-12-3-5-13(6-4-12)17(20,21)22/h3-10H,2H2,1H3/b23-9+,24-10+. The molecule has 0 fully saturated rings. The maximum atomic E-state index is 13.7. The van der Waals surface area contributed by atoms with E-state index in [0.29, 0.717) is 17.5 Å². The Kier molecular flexibility index (Phi) is 5.43. The summed E-state index contributed by atoms with van der Waals surface area (Å²) in [5.41, 5.74) is -0.196. The van der Waals surface area contributed by atoms with Crippen LogP contribution in [0.4, 0.5) is 22.0 Å². The molecule has 24 heavy (non-hydrogen) atoms. The summed E-state index contributed by atoms with van der Waals surface area (Å²) in [6.45, 7) is 1.77. The van der Waals surface area contributed by atoms with Crippen molar-refractivity contribution < 1.29 is 22.0 Å². The minimum Gasteiger partial charge on any atom is -0.206 e. The molecule has 2 rings (SSSR count). The van der Waals surface area contributed by atoms with Crippen molar-refractivity contribution in [3.05, 3.63) is 70.3 Å². The lowest BCUT2D eigenvalue weighted by Gasteiger charge is -2.05. The largest absolute Gasteiger partial charge is 0.416 e. The van der Waals surface area contributed by atoms with Gasteiger partial charge in [0.2, 0.25) is 0 Å². The normalized spacial score (nSPS) is 12.4. The van der Waals surface area contributed by atoms with Crippen molar-refractivity contribution in [3.8, 4) is 0 Å². The van der Waals surface area contributed by atoms with Crippen molar-refractivity contribution in [2.75, 3.05) is 0 Å². The van der Waals surface area contributed by atoms with Crippen LogP contribution in [0.5, 0.6) is 0 Å². The van der Waals surface area contributed by atoms with Crippen molar-refractivity contribution in [2.45, 2.75) is 19.5 Å². The zero-order valence-corrected chi connectivity index (χ0v) is 12.6. The Bertz CT molecular complexity index is 739. The van der Waals surface area contributed by atoms with Crippen LogP contribution in [0.1, 0.15) is 29.2 Å². The van der Waals surface area contributed by atoms with Crippen molar-refractivity contribution in [1.29, 1.82) is 0 Å². The molecule has 0 spiro atoms. The van der Waals surface area contributed by atoms with Crippen LogP contribution in [0, 0.1) is 11.6 Å². The van der Waals surface area contributed by atoms with Gasteiger partial charge >= 0.3 is 6.18 Å². The predicted octanol–water partition coefficient (Wildman–Crippen LogP) is 5.00. The van der Waals surface area contributed by atoms with Crippen molar-refractivity contribution in [3.63, 3.8) is 0 Å². The maximum absolute atomic E-state index is 13.7.